The van der Waals surface area contributed by atoms with Gasteiger partial charge in [0.1, 0.15) is 18.3 Å². The molecule has 0 aromatic heterocycles. The standard InChI is InChI=1S/C9H9NO2/c10-9(11)7-5-12-8-4-2-1-3-6(7)8/h1-4,7H,5H2,(H2,10,11)/t7-/m0/s1. The van der Waals surface area contributed by atoms with Crippen molar-refractivity contribution in [2.45, 2.75) is 5.92 Å². The van der Waals surface area contributed by atoms with Crippen molar-refractivity contribution in [1.29, 1.82) is 0 Å². The van der Waals surface area contributed by atoms with E-state index < -0.39 is 0 Å². The predicted octanol–water partition coefficient (Wildman–Crippen LogP) is 0.648. The van der Waals surface area contributed by atoms with Gasteiger partial charge in [0, 0.05) is 5.56 Å². The molecule has 1 aromatic carbocycles. The number of ether oxygens (including phenoxy) is 1. The number of primary amides is 1. The Hall–Kier alpha value is -1.51. The summed E-state index contributed by atoms with van der Waals surface area (Å²) in [5.41, 5.74) is 6.10. The third kappa shape index (κ3) is 0.942. The van der Waals surface area contributed by atoms with Crippen LogP contribution in [0.25, 0.3) is 0 Å². The van der Waals surface area contributed by atoms with Crippen molar-refractivity contribution in [3.63, 3.8) is 0 Å². The minimum Gasteiger partial charge on any atom is -0.492 e. The molecule has 62 valence electrons. The molecule has 12 heavy (non-hydrogen) atoms. The first-order valence-corrected chi connectivity index (χ1v) is 3.80. The number of hydrogen-bond acceptors (Lipinski definition) is 2. The molecule has 2 N–H and O–H groups in total. The highest BCUT2D eigenvalue weighted by molar-refractivity contribution is 5.83. The van der Waals surface area contributed by atoms with Gasteiger partial charge in [-0.15, -0.1) is 0 Å². The van der Waals surface area contributed by atoms with Crippen LogP contribution in [0.15, 0.2) is 24.3 Å². The highest BCUT2D eigenvalue weighted by Gasteiger charge is 2.27. The van der Waals surface area contributed by atoms with Gasteiger partial charge in [0.05, 0.1) is 0 Å². The molecule has 1 atom stereocenters. The molecule has 0 saturated carbocycles. The zero-order valence-electron chi connectivity index (χ0n) is 6.49. The molecule has 1 aromatic rings. The summed E-state index contributed by atoms with van der Waals surface area (Å²) >= 11 is 0. The number of rotatable bonds is 1. The first-order chi connectivity index (χ1) is 5.79. The van der Waals surface area contributed by atoms with Crippen LogP contribution in [0.3, 0.4) is 0 Å². The Kier molecular flexibility index (Phi) is 1.50. The van der Waals surface area contributed by atoms with Crippen molar-refractivity contribution < 1.29 is 9.53 Å². The van der Waals surface area contributed by atoms with Crippen LogP contribution in [-0.4, -0.2) is 12.5 Å². The maximum absolute atomic E-state index is 10.9. The molecule has 2 rings (SSSR count). The molecule has 0 unspecified atom stereocenters. The quantitative estimate of drug-likeness (QED) is 0.660. The van der Waals surface area contributed by atoms with Gasteiger partial charge >= 0.3 is 0 Å². The molecule has 3 nitrogen and oxygen atoms in total. The van der Waals surface area contributed by atoms with Gasteiger partial charge in [-0.1, -0.05) is 18.2 Å². The molecule has 1 aliphatic rings. The Morgan fingerprint density at radius 2 is 2.25 bits per heavy atom. The Balaban J connectivity index is 2.42. The van der Waals surface area contributed by atoms with Crippen LogP contribution in [0.5, 0.6) is 5.75 Å². The smallest absolute Gasteiger partial charge is 0.228 e. The van der Waals surface area contributed by atoms with E-state index in [1.54, 1.807) is 0 Å². The number of nitrogens with two attached hydrogens (primary N) is 1. The van der Waals surface area contributed by atoms with Gasteiger partial charge in [-0.3, -0.25) is 4.79 Å². The Morgan fingerprint density at radius 1 is 1.50 bits per heavy atom. The molecule has 0 spiro atoms. The summed E-state index contributed by atoms with van der Waals surface area (Å²) in [6.07, 6.45) is 0. The van der Waals surface area contributed by atoms with Gasteiger partial charge < -0.3 is 10.5 Å². The fourth-order valence-electron chi connectivity index (χ4n) is 1.40. The number of carbonyl (C=O) groups excluding carboxylic acids is 1. The van der Waals surface area contributed by atoms with Gasteiger partial charge in [-0.05, 0) is 6.07 Å². The summed E-state index contributed by atoms with van der Waals surface area (Å²) in [6, 6.07) is 7.47. The zero-order chi connectivity index (χ0) is 8.55. The molecular formula is C9H9NO2. The van der Waals surface area contributed by atoms with E-state index in [9.17, 15) is 4.79 Å². The first-order valence-electron chi connectivity index (χ1n) is 3.80. The van der Waals surface area contributed by atoms with Gasteiger partial charge in [0.2, 0.25) is 5.91 Å². The molecule has 3 heteroatoms. The summed E-state index contributed by atoms with van der Waals surface area (Å²) in [7, 11) is 0. The van der Waals surface area contributed by atoms with Crippen LogP contribution in [0.2, 0.25) is 0 Å². The highest BCUT2D eigenvalue weighted by atomic mass is 16.5. The monoisotopic (exact) mass is 163 g/mol. The number of carbonyl (C=O) groups is 1. The van der Waals surface area contributed by atoms with Crippen molar-refractivity contribution in [3.8, 4) is 5.75 Å². The lowest BCUT2D eigenvalue weighted by Gasteiger charge is -2.00. The highest BCUT2D eigenvalue weighted by Crippen LogP contribution is 2.32. The second-order valence-corrected chi connectivity index (χ2v) is 2.80. The van der Waals surface area contributed by atoms with Crippen LogP contribution in [0.4, 0.5) is 0 Å². The average Bonchev–Trinajstić information content (AvgIpc) is 2.47. The van der Waals surface area contributed by atoms with Gasteiger partial charge in [-0.2, -0.15) is 0 Å². The van der Waals surface area contributed by atoms with E-state index in [1.807, 2.05) is 24.3 Å². The van der Waals surface area contributed by atoms with E-state index in [-0.39, 0.29) is 11.8 Å². The van der Waals surface area contributed by atoms with Crippen molar-refractivity contribution in [1.82, 2.24) is 0 Å². The van der Waals surface area contributed by atoms with E-state index >= 15 is 0 Å². The number of fused-ring (bicyclic) bond motifs is 1. The molecule has 1 heterocycles. The zero-order valence-corrected chi connectivity index (χ0v) is 6.49. The van der Waals surface area contributed by atoms with E-state index in [0.29, 0.717) is 6.61 Å². The summed E-state index contributed by atoms with van der Waals surface area (Å²) in [5, 5.41) is 0. The van der Waals surface area contributed by atoms with Crippen molar-refractivity contribution in [2.24, 2.45) is 5.73 Å². The summed E-state index contributed by atoms with van der Waals surface area (Å²) in [5.74, 6) is 0.197. The lowest BCUT2D eigenvalue weighted by molar-refractivity contribution is -0.119. The van der Waals surface area contributed by atoms with Crippen molar-refractivity contribution in [3.05, 3.63) is 29.8 Å². The first kappa shape index (κ1) is 7.16. The summed E-state index contributed by atoms with van der Waals surface area (Å²) in [6.45, 7) is 0.384. The molecule has 0 saturated heterocycles. The van der Waals surface area contributed by atoms with E-state index in [0.717, 1.165) is 11.3 Å². The van der Waals surface area contributed by atoms with Crippen LogP contribution in [-0.2, 0) is 4.79 Å². The van der Waals surface area contributed by atoms with Crippen LogP contribution >= 0.6 is 0 Å². The molecule has 0 aliphatic carbocycles. The fourth-order valence-corrected chi connectivity index (χ4v) is 1.40. The van der Waals surface area contributed by atoms with Crippen LogP contribution in [0, 0.1) is 0 Å². The average molecular weight is 163 g/mol. The normalized spacial score (nSPS) is 19.8. The van der Waals surface area contributed by atoms with E-state index in [2.05, 4.69) is 0 Å². The predicted molar refractivity (Wildman–Crippen MR) is 43.9 cm³/mol. The maximum Gasteiger partial charge on any atom is 0.228 e. The minimum absolute atomic E-state index is 0.263. The maximum atomic E-state index is 10.9. The Labute approximate surface area is 70.1 Å². The number of hydrogen-bond donors (Lipinski definition) is 1. The molecule has 0 radical (unpaired) electrons. The minimum atomic E-state index is -0.319. The third-order valence-electron chi connectivity index (χ3n) is 2.04. The van der Waals surface area contributed by atoms with E-state index in [4.69, 9.17) is 10.5 Å². The van der Waals surface area contributed by atoms with Crippen molar-refractivity contribution >= 4 is 5.91 Å². The Morgan fingerprint density at radius 3 is 3.00 bits per heavy atom. The lowest BCUT2D eigenvalue weighted by Crippen LogP contribution is -2.22. The lowest BCUT2D eigenvalue weighted by atomic mass is 10.0. The number of para-hydroxylation sites is 1. The number of amides is 1. The second kappa shape index (κ2) is 2.52. The SMILES string of the molecule is NC(=O)[C@H]1COc2ccccc21. The van der Waals surface area contributed by atoms with Gasteiger partial charge in [0.25, 0.3) is 0 Å². The summed E-state index contributed by atoms with van der Waals surface area (Å²) in [4.78, 5) is 10.9. The van der Waals surface area contributed by atoms with Gasteiger partial charge in [0.15, 0.2) is 0 Å². The second-order valence-electron chi connectivity index (χ2n) is 2.80. The topological polar surface area (TPSA) is 52.3 Å². The molecule has 1 amide bonds. The molecule has 0 bridgehead atoms. The van der Waals surface area contributed by atoms with Crippen LogP contribution in [0.1, 0.15) is 11.5 Å². The molecular weight excluding hydrogens is 154 g/mol. The molecule has 0 fully saturated rings. The van der Waals surface area contributed by atoms with Crippen LogP contribution < -0.4 is 10.5 Å². The fraction of sp³-hybridized carbons (Fsp3) is 0.222. The van der Waals surface area contributed by atoms with Gasteiger partial charge in [-0.25, -0.2) is 0 Å². The molecule has 1 aliphatic heterocycles. The summed E-state index contributed by atoms with van der Waals surface area (Å²) < 4.78 is 5.27. The largest absolute Gasteiger partial charge is 0.492 e. The Bertz CT molecular complexity index is 322. The number of benzene rings is 1. The van der Waals surface area contributed by atoms with Crippen molar-refractivity contribution in [2.75, 3.05) is 6.61 Å². The van der Waals surface area contributed by atoms with E-state index in [1.165, 1.54) is 0 Å². The third-order valence-corrected chi connectivity index (χ3v) is 2.04.